The number of carboxylic acids is 1. The molecule has 1 aliphatic heterocycles. The molecular weight excluding hydrogens is 398 g/mol. The van der Waals surface area contributed by atoms with E-state index in [1.54, 1.807) is 18.2 Å². The maximum Gasteiger partial charge on any atom is 0.335 e. The summed E-state index contributed by atoms with van der Waals surface area (Å²) in [6.45, 7) is 0. The van der Waals surface area contributed by atoms with Crippen LogP contribution in [0.5, 0.6) is 0 Å². The van der Waals surface area contributed by atoms with Crippen LogP contribution in [0.3, 0.4) is 0 Å². The van der Waals surface area contributed by atoms with Crippen LogP contribution in [0.15, 0.2) is 41.5 Å². The van der Waals surface area contributed by atoms with E-state index in [1.807, 2.05) is 18.2 Å². The minimum absolute atomic E-state index is 0.277. The lowest BCUT2D eigenvalue weighted by Gasteiger charge is -2.34. The third-order valence-electron chi connectivity index (χ3n) is 6.83. The van der Waals surface area contributed by atoms with Crippen LogP contribution in [-0.2, 0) is 6.42 Å². The van der Waals surface area contributed by atoms with Crippen LogP contribution in [0.25, 0.3) is 0 Å². The Bertz CT molecular complexity index is 1100. The molecule has 6 heteroatoms. The van der Waals surface area contributed by atoms with Crippen molar-refractivity contribution in [2.75, 3.05) is 5.01 Å². The molecule has 5 rings (SSSR count). The number of aromatic carboxylic acids is 1. The molecule has 0 amide bonds. The fourth-order valence-corrected chi connectivity index (χ4v) is 5.66. The third kappa shape index (κ3) is 3.07. The maximum atomic E-state index is 11.4. The second-order valence-corrected chi connectivity index (χ2v) is 8.87. The van der Waals surface area contributed by atoms with Gasteiger partial charge in [-0.3, -0.25) is 5.01 Å². The molecule has 1 saturated carbocycles. The first kappa shape index (κ1) is 19.1. The molecule has 1 fully saturated rings. The highest BCUT2D eigenvalue weighted by molar-refractivity contribution is 6.32. The number of anilines is 1. The summed E-state index contributed by atoms with van der Waals surface area (Å²) >= 11 is 6.34. The van der Waals surface area contributed by atoms with E-state index in [0.29, 0.717) is 28.0 Å². The standard InChI is InChI=1S/C24H22ClN3O2/c25-21-12-18(8-5-17(21)13-26)28-23(14-3-1-2-4-14)20-10-6-15-11-16(24(29)30)7-9-19(15)22(20)27-28/h5,7-9,11-12,14,20,23H,1-4,6,10H2,(H,29,30)/t20-,23-/m1/s1. The van der Waals surface area contributed by atoms with E-state index >= 15 is 0 Å². The van der Waals surface area contributed by atoms with Crippen molar-refractivity contribution in [3.05, 3.63) is 63.7 Å². The smallest absolute Gasteiger partial charge is 0.335 e. The van der Waals surface area contributed by atoms with Gasteiger partial charge in [0.15, 0.2) is 0 Å². The number of carboxylic acid groups (broad SMARTS) is 1. The monoisotopic (exact) mass is 419 g/mol. The van der Waals surface area contributed by atoms with Crippen LogP contribution >= 0.6 is 11.6 Å². The van der Waals surface area contributed by atoms with Crippen LogP contribution in [0.2, 0.25) is 5.02 Å². The number of halogens is 1. The van der Waals surface area contributed by atoms with E-state index in [1.165, 1.54) is 25.7 Å². The highest BCUT2D eigenvalue weighted by Gasteiger charge is 2.45. The summed E-state index contributed by atoms with van der Waals surface area (Å²) < 4.78 is 0. The summed E-state index contributed by atoms with van der Waals surface area (Å²) in [6.07, 6.45) is 6.75. The summed E-state index contributed by atoms with van der Waals surface area (Å²) in [5, 5.41) is 26.2. The van der Waals surface area contributed by atoms with Gasteiger partial charge in [0.25, 0.3) is 0 Å². The summed E-state index contributed by atoms with van der Waals surface area (Å²) in [7, 11) is 0. The molecule has 0 saturated heterocycles. The average Bonchev–Trinajstić information content (AvgIpc) is 3.40. The van der Waals surface area contributed by atoms with Gasteiger partial charge < -0.3 is 5.11 Å². The zero-order chi connectivity index (χ0) is 20.8. The number of hydrazone groups is 1. The Morgan fingerprint density at radius 1 is 1.17 bits per heavy atom. The van der Waals surface area contributed by atoms with Gasteiger partial charge in [-0.25, -0.2) is 4.79 Å². The van der Waals surface area contributed by atoms with Crippen molar-refractivity contribution in [2.24, 2.45) is 16.9 Å². The second kappa shape index (κ2) is 7.45. The minimum atomic E-state index is -0.897. The van der Waals surface area contributed by atoms with Gasteiger partial charge in [0.1, 0.15) is 6.07 Å². The Kier molecular flexibility index (Phi) is 4.75. The average molecular weight is 420 g/mol. The Morgan fingerprint density at radius 3 is 2.67 bits per heavy atom. The molecule has 1 heterocycles. The van der Waals surface area contributed by atoms with E-state index in [9.17, 15) is 15.2 Å². The van der Waals surface area contributed by atoms with E-state index in [2.05, 4.69) is 11.1 Å². The molecule has 2 aliphatic carbocycles. The van der Waals surface area contributed by atoms with Gasteiger partial charge in [-0.1, -0.05) is 30.5 Å². The van der Waals surface area contributed by atoms with Gasteiger partial charge >= 0.3 is 5.97 Å². The zero-order valence-corrected chi connectivity index (χ0v) is 17.3. The first-order valence-corrected chi connectivity index (χ1v) is 10.9. The van der Waals surface area contributed by atoms with Gasteiger partial charge in [-0.15, -0.1) is 0 Å². The topological polar surface area (TPSA) is 76.7 Å². The van der Waals surface area contributed by atoms with Crippen LogP contribution in [0, 0.1) is 23.2 Å². The minimum Gasteiger partial charge on any atom is -0.478 e. The number of aryl methyl sites for hydroxylation is 1. The normalized spacial score (nSPS) is 22.9. The van der Waals surface area contributed by atoms with Gasteiger partial charge in [-0.2, -0.15) is 10.4 Å². The molecule has 5 nitrogen and oxygen atoms in total. The molecule has 0 radical (unpaired) electrons. The molecule has 152 valence electrons. The largest absolute Gasteiger partial charge is 0.478 e. The SMILES string of the molecule is N#Cc1ccc(N2N=C3c4ccc(C(=O)O)cc4CC[C@H]3[C@H]2C2CCCC2)cc1Cl. The van der Waals surface area contributed by atoms with E-state index < -0.39 is 5.97 Å². The zero-order valence-electron chi connectivity index (χ0n) is 16.5. The van der Waals surface area contributed by atoms with Crippen molar-refractivity contribution in [1.82, 2.24) is 0 Å². The van der Waals surface area contributed by atoms with Crippen LogP contribution in [0.4, 0.5) is 5.69 Å². The van der Waals surface area contributed by atoms with Crippen molar-refractivity contribution in [1.29, 1.82) is 5.26 Å². The van der Waals surface area contributed by atoms with Gasteiger partial charge in [0.2, 0.25) is 0 Å². The Morgan fingerprint density at radius 2 is 1.97 bits per heavy atom. The van der Waals surface area contributed by atoms with Gasteiger partial charge in [0.05, 0.1) is 33.6 Å². The first-order chi connectivity index (χ1) is 14.6. The number of carbonyl (C=O) groups is 1. The number of nitrogens with zero attached hydrogens (tertiary/aromatic N) is 3. The molecule has 3 aliphatic rings. The van der Waals surface area contributed by atoms with Crippen LogP contribution < -0.4 is 5.01 Å². The van der Waals surface area contributed by atoms with E-state index in [-0.39, 0.29) is 6.04 Å². The molecule has 2 atom stereocenters. The van der Waals surface area contributed by atoms with Crippen molar-refractivity contribution in [3.8, 4) is 6.07 Å². The van der Waals surface area contributed by atoms with Crippen molar-refractivity contribution < 1.29 is 9.90 Å². The number of fused-ring (bicyclic) bond motifs is 3. The predicted molar refractivity (Wildman–Crippen MR) is 116 cm³/mol. The Hall–Kier alpha value is -2.84. The molecule has 30 heavy (non-hydrogen) atoms. The number of nitriles is 1. The van der Waals surface area contributed by atoms with Crippen LogP contribution in [-0.4, -0.2) is 22.8 Å². The summed E-state index contributed by atoms with van der Waals surface area (Å²) in [5.41, 5.74) is 4.91. The van der Waals surface area contributed by atoms with Crippen molar-refractivity contribution >= 4 is 29.0 Å². The molecule has 0 spiro atoms. The van der Waals surface area contributed by atoms with Crippen molar-refractivity contribution in [2.45, 2.75) is 44.6 Å². The quantitative estimate of drug-likeness (QED) is 0.736. The van der Waals surface area contributed by atoms with Gasteiger partial charge in [0, 0.05) is 11.5 Å². The Labute approximate surface area is 180 Å². The van der Waals surface area contributed by atoms with Crippen LogP contribution in [0.1, 0.15) is 59.2 Å². The van der Waals surface area contributed by atoms with E-state index in [4.69, 9.17) is 16.7 Å². The number of hydrogen-bond acceptors (Lipinski definition) is 4. The summed E-state index contributed by atoms with van der Waals surface area (Å²) in [4.78, 5) is 11.4. The lowest BCUT2D eigenvalue weighted by atomic mass is 9.75. The van der Waals surface area contributed by atoms with E-state index in [0.717, 1.165) is 35.4 Å². The Balaban J connectivity index is 1.59. The molecule has 0 unspecified atom stereocenters. The highest BCUT2D eigenvalue weighted by atomic mass is 35.5. The molecule has 0 bridgehead atoms. The lowest BCUT2D eigenvalue weighted by Crippen LogP contribution is -2.40. The summed E-state index contributed by atoms with van der Waals surface area (Å²) in [6, 6.07) is 13.3. The fourth-order valence-electron chi connectivity index (χ4n) is 5.44. The lowest BCUT2D eigenvalue weighted by molar-refractivity contribution is 0.0696. The number of benzene rings is 2. The molecule has 2 aromatic carbocycles. The second-order valence-electron chi connectivity index (χ2n) is 8.46. The molecule has 0 aromatic heterocycles. The fraction of sp³-hybridized carbons (Fsp3) is 0.375. The molecule has 1 N–H and O–H groups in total. The number of rotatable bonds is 3. The molecular formula is C24H22ClN3O2. The predicted octanol–water partition coefficient (Wildman–Crippen LogP) is 5.26. The third-order valence-corrected chi connectivity index (χ3v) is 7.15. The molecule has 2 aromatic rings. The van der Waals surface area contributed by atoms with Crippen molar-refractivity contribution in [3.63, 3.8) is 0 Å². The van der Waals surface area contributed by atoms with Gasteiger partial charge in [-0.05, 0) is 67.5 Å². The first-order valence-electron chi connectivity index (χ1n) is 10.5. The maximum absolute atomic E-state index is 11.4. The highest BCUT2D eigenvalue weighted by Crippen LogP contribution is 2.45. The summed E-state index contributed by atoms with van der Waals surface area (Å²) in [5.74, 6) is 0.00201. The number of hydrogen-bond donors (Lipinski definition) is 1.